The Kier molecular flexibility index (Phi) is 7.28. The monoisotopic (exact) mass is 339 g/mol. The van der Waals surface area contributed by atoms with Gasteiger partial charge in [-0.05, 0) is 37.2 Å². The minimum Gasteiger partial charge on any atom is -0.356 e. The molecule has 0 saturated heterocycles. The lowest BCUT2D eigenvalue weighted by Gasteiger charge is -2.29. The Labute approximate surface area is 131 Å². The molecule has 0 aromatic heterocycles. The van der Waals surface area contributed by atoms with Gasteiger partial charge in [0.25, 0.3) is 0 Å². The molecule has 0 fully saturated rings. The summed E-state index contributed by atoms with van der Waals surface area (Å²) in [4.78, 5) is 12.0. The van der Waals surface area contributed by atoms with Crippen molar-refractivity contribution in [3.8, 4) is 0 Å². The summed E-state index contributed by atoms with van der Waals surface area (Å²) < 4.78 is 0. The molecule has 2 nitrogen and oxygen atoms in total. The number of carbonyl (C=O) groups excluding carboxylic acids is 1. The van der Waals surface area contributed by atoms with E-state index in [1.54, 1.807) is 0 Å². The van der Waals surface area contributed by atoms with Gasteiger partial charge in [-0.25, -0.2) is 0 Å². The fourth-order valence-corrected chi connectivity index (χ4v) is 3.23. The molecule has 20 heavy (non-hydrogen) atoms. The largest absolute Gasteiger partial charge is 0.356 e. The molecule has 1 rings (SSSR count). The van der Waals surface area contributed by atoms with Crippen molar-refractivity contribution in [3.05, 3.63) is 35.4 Å². The summed E-state index contributed by atoms with van der Waals surface area (Å²) in [5, 5.41) is 4.03. The summed E-state index contributed by atoms with van der Waals surface area (Å²) in [6.07, 6.45) is 3.53. The highest BCUT2D eigenvalue weighted by atomic mass is 79.9. The fraction of sp³-hybridized carbons (Fsp3) is 0.588. The molecule has 0 spiro atoms. The van der Waals surface area contributed by atoms with E-state index < -0.39 is 0 Å². The molecule has 1 aromatic carbocycles. The van der Waals surface area contributed by atoms with E-state index in [4.69, 9.17) is 0 Å². The Bertz CT molecular complexity index is 418. The van der Waals surface area contributed by atoms with E-state index in [9.17, 15) is 4.79 Å². The summed E-state index contributed by atoms with van der Waals surface area (Å²) in [6.45, 7) is 7.21. The zero-order chi connectivity index (χ0) is 15.0. The van der Waals surface area contributed by atoms with Gasteiger partial charge in [0, 0.05) is 18.3 Å². The number of carbonyl (C=O) groups is 1. The van der Waals surface area contributed by atoms with Gasteiger partial charge in [0.05, 0.1) is 0 Å². The Morgan fingerprint density at radius 1 is 1.30 bits per heavy atom. The van der Waals surface area contributed by atoms with Crippen molar-refractivity contribution in [1.29, 1.82) is 0 Å². The second-order valence-electron chi connectivity index (χ2n) is 5.61. The number of aryl methyl sites for hydroxylation is 2. The number of amides is 1. The molecule has 0 saturated carbocycles. The van der Waals surface area contributed by atoms with E-state index in [0.717, 1.165) is 31.1 Å². The van der Waals surface area contributed by atoms with Crippen molar-refractivity contribution in [2.75, 3.05) is 11.9 Å². The first-order valence-corrected chi connectivity index (χ1v) is 8.55. The predicted octanol–water partition coefficient (Wildman–Crippen LogP) is 4.25. The minimum atomic E-state index is 0.152. The Morgan fingerprint density at radius 3 is 2.55 bits per heavy atom. The van der Waals surface area contributed by atoms with E-state index in [1.807, 2.05) is 6.07 Å². The third-order valence-corrected chi connectivity index (χ3v) is 5.36. The number of hydrogen-bond acceptors (Lipinski definition) is 1. The molecule has 0 unspecified atom stereocenters. The first-order chi connectivity index (χ1) is 9.55. The summed E-state index contributed by atoms with van der Waals surface area (Å²) in [6, 6.07) is 8.36. The van der Waals surface area contributed by atoms with Gasteiger partial charge >= 0.3 is 0 Å². The average molecular weight is 340 g/mol. The van der Waals surface area contributed by atoms with Crippen LogP contribution < -0.4 is 5.32 Å². The number of halogens is 1. The topological polar surface area (TPSA) is 29.1 Å². The van der Waals surface area contributed by atoms with Crippen LogP contribution in [0.15, 0.2) is 24.3 Å². The van der Waals surface area contributed by atoms with Gasteiger partial charge in [-0.2, -0.15) is 0 Å². The van der Waals surface area contributed by atoms with Crippen LogP contribution in [0.4, 0.5) is 0 Å². The van der Waals surface area contributed by atoms with E-state index in [1.165, 1.54) is 11.1 Å². The Hall–Kier alpha value is -0.830. The van der Waals surface area contributed by atoms with Crippen molar-refractivity contribution < 1.29 is 4.79 Å². The van der Waals surface area contributed by atoms with E-state index >= 15 is 0 Å². The normalized spacial score (nSPS) is 11.4. The number of rotatable bonds is 8. The first-order valence-electron chi connectivity index (χ1n) is 7.43. The highest BCUT2D eigenvalue weighted by Gasteiger charge is 2.25. The molecule has 1 aromatic rings. The quantitative estimate of drug-likeness (QED) is 0.705. The van der Waals surface area contributed by atoms with Gasteiger partial charge in [0.2, 0.25) is 5.91 Å². The predicted molar refractivity (Wildman–Crippen MR) is 89.3 cm³/mol. The maximum atomic E-state index is 12.0. The van der Waals surface area contributed by atoms with Crippen molar-refractivity contribution in [1.82, 2.24) is 5.32 Å². The smallest absolute Gasteiger partial charge is 0.220 e. The molecule has 1 N–H and O–H groups in total. The third-order valence-electron chi connectivity index (χ3n) is 4.17. The molecule has 0 aliphatic rings. The molecule has 0 aliphatic heterocycles. The Morgan fingerprint density at radius 2 is 2.00 bits per heavy atom. The van der Waals surface area contributed by atoms with Crippen LogP contribution in [-0.2, 0) is 11.2 Å². The summed E-state index contributed by atoms with van der Waals surface area (Å²) in [5.74, 6) is 0.152. The van der Waals surface area contributed by atoms with Gasteiger partial charge in [-0.3, -0.25) is 4.79 Å². The van der Waals surface area contributed by atoms with Gasteiger partial charge < -0.3 is 5.32 Å². The van der Waals surface area contributed by atoms with Gasteiger partial charge in [-0.15, -0.1) is 0 Å². The van der Waals surface area contributed by atoms with E-state index in [2.05, 4.69) is 60.2 Å². The zero-order valence-corrected chi connectivity index (χ0v) is 14.4. The standard InChI is InChI=1S/C17H26BrNO/c1-4-17(5-2,12-18)13-19-16(20)10-9-15-8-6-7-14(3)11-15/h6-8,11H,4-5,9-10,12-13H2,1-3H3,(H,19,20). The second-order valence-corrected chi connectivity index (χ2v) is 6.17. The lowest BCUT2D eigenvalue weighted by atomic mass is 9.84. The van der Waals surface area contributed by atoms with E-state index in [-0.39, 0.29) is 11.3 Å². The molecule has 0 bridgehead atoms. The molecule has 1 amide bonds. The second kappa shape index (κ2) is 8.46. The van der Waals surface area contributed by atoms with Gasteiger partial charge in [-0.1, -0.05) is 59.6 Å². The van der Waals surface area contributed by atoms with Crippen LogP contribution in [0.25, 0.3) is 0 Å². The van der Waals surface area contributed by atoms with Crippen molar-refractivity contribution in [2.45, 2.75) is 46.5 Å². The highest BCUT2D eigenvalue weighted by molar-refractivity contribution is 9.09. The maximum Gasteiger partial charge on any atom is 0.220 e. The SMILES string of the molecule is CCC(CC)(CBr)CNC(=O)CCc1cccc(C)c1. The first kappa shape index (κ1) is 17.2. The minimum absolute atomic E-state index is 0.152. The molecule has 0 heterocycles. The van der Waals surface area contributed by atoms with Gasteiger partial charge in [0.15, 0.2) is 0 Å². The van der Waals surface area contributed by atoms with Crippen LogP contribution >= 0.6 is 15.9 Å². The molecule has 0 radical (unpaired) electrons. The number of hydrogen-bond donors (Lipinski definition) is 1. The van der Waals surface area contributed by atoms with Crippen molar-refractivity contribution in [3.63, 3.8) is 0 Å². The van der Waals surface area contributed by atoms with Gasteiger partial charge in [0.1, 0.15) is 0 Å². The summed E-state index contributed by atoms with van der Waals surface area (Å²) >= 11 is 3.58. The molecular formula is C17H26BrNO. The summed E-state index contributed by atoms with van der Waals surface area (Å²) in [5.41, 5.74) is 2.68. The number of benzene rings is 1. The zero-order valence-electron chi connectivity index (χ0n) is 12.8. The lowest BCUT2D eigenvalue weighted by Crippen LogP contribution is -2.38. The van der Waals surface area contributed by atoms with E-state index in [0.29, 0.717) is 6.42 Å². The lowest BCUT2D eigenvalue weighted by molar-refractivity contribution is -0.121. The Balaban J connectivity index is 2.40. The van der Waals surface area contributed by atoms with Crippen LogP contribution in [0.1, 0.15) is 44.2 Å². The molecule has 0 atom stereocenters. The molecular weight excluding hydrogens is 314 g/mol. The van der Waals surface area contributed by atoms with Crippen LogP contribution in [-0.4, -0.2) is 17.8 Å². The van der Waals surface area contributed by atoms with Crippen LogP contribution in [0.3, 0.4) is 0 Å². The summed E-state index contributed by atoms with van der Waals surface area (Å²) in [7, 11) is 0. The maximum absolute atomic E-state index is 12.0. The van der Waals surface area contributed by atoms with Crippen LogP contribution in [0.2, 0.25) is 0 Å². The third kappa shape index (κ3) is 5.28. The van der Waals surface area contributed by atoms with Crippen molar-refractivity contribution >= 4 is 21.8 Å². The number of nitrogens with one attached hydrogen (secondary N) is 1. The van der Waals surface area contributed by atoms with Crippen molar-refractivity contribution in [2.24, 2.45) is 5.41 Å². The molecule has 112 valence electrons. The highest BCUT2D eigenvalue weighted by Crippen LogP contribution is 2.27. The van der Waals surface area contributed by atoms with Crippen LogP contribution in [0, 0.1) is 12.3 Å². The molecule has 0 aliphatic carbocycles. The average Bonchev–Trinajstić information content (AvgIpc) is 2.47. The fourth-order valence-electron chi connectivity index (χ4n) is 2.24. The number of alkyl halides is 1. The van der Waals surface area contributed by atoms with Crippen LogP contribution in [0.5, 0.6) is 0 Å². The molecule has 3 heteroatoms.